The summed E-state index contributed by atoms with van der Waals surface area (Å²) >= 11 is 0. The highest BCUT2D eigenvalue weighted by atomic mass is 15.3. The molecule has 1 aromatic heterocycles. The molecule has 3 nitrogen and oxygen atoms in total. The van der Waals surface area contributed by atoms with Crippen LogP contribution in [0.1, 0.15) is 12.5 Å². The van der Waals surface area contributed by atoms with Crippen LogP contribution in [0.3, 0.4) is 0 Å². The SMILES string of the molecule is CCc1cc(-c2cnn(-c3ccccc3)c2)ccc1N. The van der Waals surface area contributed by atoms with Gasteiger partial charge in [-0.3, -0.25) is 0 Å². The molecular weight excluding hydrogens is 246 g/mol. The number of nitrogens with zero attached hydrogens (tertiary/aromatic N) is 2. The third-order valence-corrected chi connectivity index (χ3v) is 3.46. The van der Waals surface area contributed by atoms with E-state index in [2.05, 4.69) is 18.1 Å². The van der Waals surface area contributed by atoms with Crippen LogP contribution in [-0.4, -0.2) is 9.78 Å². The first-order valence-electron chi connectivity index (χ1n) is 6.77. The molecule has 0 fully saturated rings. The molecule has 2 N–H and O–H groups in total. The molecule has 0 amide bonds. The number of aryl methyl sites for hydroxylation is 1. The lowest BCUT2D eigenvalue weighted by Crippen LogP contribution is -1.93. The van der Waals surface area contributed by atoms with Crippen LogP contribution in [0.2, 0.25) is 0 Å². The highest BCUT2D eigenvalue weighted by Crippen LogP contribution is 2.24. The van der Waals surface area contributed by atoms with E-state index in [4.69, 9.17) is 5.73 Å². The van der Waals surface area contributed by atoms with Crippen molar-refractivity contribution in [2.75, 3.05) is 5.73 Å². The van der Waals surface area contributed by atoms with E-state index in [9.17, 15) is 0 Å². The Kier molecular flexibility index (Phi) is 3.25. The lowest BCUT2D eigenvalue weighted by molar-refractivity contribution is 0.881. The molecule has 0 unspecified atom stereocenters. The second-order valence-corrected chi connectivity index (χ2v) is 4.78. The summed E-state index contributed by atoms with van der Waals surface area (Å²) in [5.41, 5.74) is 11.3. The molecule has 20 heavy (non-hydrogen) atoms. The van der Waals surface area contributed by atoms with Crippen molar-refractivity contribution in [1.29, 1.82) is 0 Å². The van der Waals surface area contributed by atoms with Crippen molar-refractivity contribution >= 4 is 5.69 Å². The molecule has 0 aliphatic rings. The number of hydrogen-bond acceptors (Lipinski definition) is 2. The molecule has 3 rings (SSSR count). The number of anilines is 1. The Balaban J connectivity index is 1.98. The first kappa shape index (κ1) is 12.5. The van der Waals surface area contributed by atoms with Crippen molar-refractivity contribution in [3.63, 3.8) is 0 Å². The average Bonchev–Trinajstić information content (AvgIpc) is 2.98. The lowest BCUT2D eigenvalue weighted by Gasteiger charge is -2.05. The summed E-state index contributed by atoms with van der Waals surface area (Å²) < 4.78 is 1.89. The third kappa shape index (κ3) is 2.30. The zero-order chi connectivity index (χ0) is 13.9. The fourth-order valence-electron chi connectivity index (χ4n) is 2.29. The standard InChI is InChI=1S/C17H17N3/c1-2-13-10-14(8-9-17(13)18)15-11-19-20(12-15)16-6-4-3-5-7-16/h3-12H,2,18H2,1H3. The highest BCUT2D eigenvalue weighted by Gasteiger charge is 2.05. The molecule has 0 bridgehead atoms. The number of aromatic nitrogens is 2. The normalized spacial score (nSPS) is 10.7. The lowest BCUT2D eigenvalue weighted by atomic mass is 10.0. The van der Waals surface area contributed by atoms with Crippen LogP contribution in [-0.2, 0) is 6.42 Å². The molecule has 0 aliphatic carbocycles. The Morgan fingerprint density at radius 1 is 1.05 bits per heavy atom. The average molecular weight is 263 g/mol. The first-order chi connectivity index (χ1) is 9.78. The van der Waals surface area contributed by atoms with E-state index in [0.717, 1.165) is 28.9 Å². The molecule has 2 aromatic carbocycles. The van der Waals surface area contributed by atoms with Gasteiger partial charge < -0.3 is 5.73 Å². The largest absolute Gasteiger partial charge is 0.399 e. The molecule has 3 heteroatoms. The molecule has 100 valence electrons. The first-order valence-corrected chi connectivity index (χ1v) is 6.77. The quantitative estimate of drug-likeness (QED) is 0.732. The number of benzene rings is 2. The van der Waals surface area contributed by atoms with E-state index >= 15 is 0 Å². The van der Waals surface area contributed by atoms with Crippen LogP contribution < -0.4 is 5.73 Å². The van der Waals surface area contributed by atoms with Crippen LogP contribution in [0.15, 0.2) is 60.9 Å². The Hall–Kier alpha value is -2.55. The Morgan fingerprint density at radius 3 is 2.60 bits per heavy atom. The van der Waals surface area contributed by atoms with Crippen LogP contribution in [0, 0.1) is 0 Å². The smallest absolute Gasteiger partial charge is 0.0645 e. The van der Waals surface area contributed by atoms with Gasteiger partial charge in [0.1, 0.15) is 0 Å². The highest BCUT2D eigenvalue weighted by molar-refractivity contribution is 5.67. The van der Waals surface area contributed by atoms with Gasteiger partial charge in [0.05, 0.1) is 11.9 Å². The zero-order valence-electron chi connectivity index (χ0n) is 11.5. The summed E-state index contributed by atoms with van der Waals surface area (Å²) in [6, 6.07) is 16.2. The van der Waals surface area contributed by atoms with E-state index in [-0.39, 0.29) is 0 Å². The fraction of sp³-hybridized carbons (Fsp3) is 0.118. The molecule has 0 aliphatic heterocycles. The van der Waals surface area contributed by atoms with Crippen molar-refractivity contribution in [2.45, 2.75) is 13.3 Å². The molecule has 0 spiro atoms. The van der Waals surface area contributed by atoms with Crippen molar-refractivity contribution < 1.29 is 0 Å². The van der Waals surface area contributed by atoms with Gasteiger partial charge in [-0.1, -0.05) is 31.2 Å². The minimum absolute atomic E-state index is 0.853. The van der Waals surface area contributed by atoms with Gasteiger partial charge in [0.15, 0.2) is 0 Å². The monoisotopic (exact) mass is 263 g/mol. The van der Waals surface area contributed by atoms with Gasteiger partial charge in [-0.15, -0.1) is 0 Å². The maximum absolute atomic E-state index is 5.95. The van der Waals surface area contributed by atoms with Crippen LogP contribution in [0.25, 0.3) is 16.8 Å². The summed E-state index contributed by atoms with van der Waals surface area (Å²) in [5, 5.41) is 4.43. The van der Waals surface area contributed by atoms with Crippen molar-refractivity contribution in [3.8, 4) is 16.8 Å². The van der Waals surface area contributed by atoms with Crippen LogP contribution in [0.5, 0.6) is 0 Å². The van der Waals surface area contributed by atoms with Gasteiger partial charge in [-0.05, 0) is 41.8 Å². The molecular formula is C17H17N3. The Morgan fingerprint density at radius 2 is 1.85 bits per heavy atom. The maximum atomic E-state index is 5.95. The van der Waals surface area contributed by atoms with E-state index in [0.29, 0.717) is 0 Å². The van der Waals surface area contributed by atoms with E-state index < -0.39 is 0 Å². The van der Waals surface area contributed by atoms with Gasteiger partial charge in [-0.25, -0.2) is 4.68 Å². The van der Waals surface area contributed by atoms with Crippen molar-refractivity contribution in [2.24, 2.45) is 0 Å². The van der Waals surface area contributed by atoms with Crippen LogP contribution in [0.4, 0.5) is 5.69 Å². The van der Waals surface area contributed by atoms with E-state index in [1.807, 2.05) is 59.5 Å². The summed E-state index contributed by atoms with van der Waals surface area (Å²) in [7, 11) is 0. The van der Waals surface area contributed by atoms with Crippen LogP contribution >= 0.6 is 0 Å². The topological polar surface area (TPSA) is 43.8 Å². The number of para-hydroxylation sites is 1. The summed E-state index contributed by atoms with van der Waals surface area (Å²) in [6.45, 7) is 2.11. The van der Waals surface area contributed by atoms with Gasteiger partial charge in [-0.2, -0.15) is 5.10 Å². The Bertz CT molecular complexity index is 714. The fourth-order valence-corrected chi connectivity index (χ4v) is 2.29. The van der Waals surface area contributed by atoms with Gasteiger partial charge in [0.2, 0.25) is 0 Å². The predicted octanol–water partition coefficient (Wildman–Crippen LogP) is 3.68. The minimum Gasteiger partial charge on any atom is -0.399 e. The number of nitrogen functional groups attached to an aromatic ring is 1. The van der Waals surface area contributed by atoms with Crippen molar-refractivity contribution in [3.05, 3.63) is 66.5 Å². The van der Waals surface area contributed by atoms with Gasteiger partial charge in [0.25, 0.3) is 0 Å². The van der Waals surface area contributed by atoms with Gasteiger partial charge in [0, 0.05) is 17.4 Å². The summed E-state index contributed by atoms with van der Waals surface area (Å²) in [5.74, 6) is 0. The van der Waals surface area contributed by atoms with E-state index in [1.54, 1.807) is 0 Å². The molecule has 0 saturated heterocycles. The van der Waals surface area contributed by atoms with E-state index in [1.165, 1.54) is 5.56 Å². The third-order valence-electron chi connectivity index (χ3n) is 3.46. The molecule has 3 aromatic rings. The summed E-state index contributed by atoms with van der Waals surface area (Å²) in [6.07, 6.45) is 4.87. The zero-order valence-corrected chi connectivity index (χ0v) is 11.5. The number of nitrogens with two attached hydrogens (primary N) is 1. The predicted molar refractivity (Wildman–Crippen MR) is 82.8 cm³/mol. The van der Waals surface area contributed by atoms with Gasteiger partial charge >= 0.3 is 0 Å². The molecule has 0 saturated carbocycles. The Labute approximate surface area is 118 Å². The molecule has 0 radical (unpaired) electrons. The minimum atomic E-state index is 0.853. The number of hydrogen-bond donors (Lipinski definition) is 1. The summed E-state index contributed by atoms with van der Waals surface area (Å²) in [4.78, 5) is 0. The molecule has 0 atom stereocenters. The van der Waals surface area contributed by atoms with Crippen molar-refractivity contribution in [1.82, 2.24) is 9.78 Å². The molecule has 1 heterocycles. The second kappa shape index (κ2) is 5.21. The maximum Gasteiger partial charge on any atom is 0.0645 e. The number of rotatable bonds is 3. The second-order valence-electron chi connectivity index (χ2n) is 4.78.